The fourth-order valence-electron chi connectivity index (χ4n) is 11.3. The third kappa shape index (κ3) is 12.4. The van der Waals surface area contributed by atoms with Crippen LogP contribution in [-0.4, -0.2) is 93.5 Å². The van der Waals surface area contributed by atoms with E-state index in [9.17, 15) is 38.4 Å². The number of benzene rings is 5. The molecule has 1 unspecified atom stereocenters. The molecule has 420 valence electrons. The van der Waals surface area contributed by atoms with Crippen LogP contribution in [-0.2, 0) is 79.2 Å². The normalized spacial score (nSPS) is 18.6. The van der Waals surface area contributed by atoms with E-state index in [2.05, 4.69) is 34.9 Å². The van der Waals surface area contributed by atoms with Crippen molar-refractivity contribution in [3.05, 3.63) is 147 Å². The number of rotatable bonds is 19. The van der Waals surface area contributed by atoms with Gasteiger partial charge in [-0.25, -0.2) is 4.79 Å². The lowest BCUT2D eigenvalue weighted by Gasteiger charge is -2.35. The molecular weight excluding hydrogens is 1030 g/mol. The zero-order valence-corrected chi connectivity index (χ0v) is 46.2. The summed E-state index contributed by atoms with van der Waals surface area (Å²) >= 11 is 0. The minimum atomic E-state index is -0.906. The molecule has 0 spiro atoms. The van der Waals surface area contributed by atoms with Crippen LogP contribution in [0.5, 0.6) is 17.2 Å². The van der Waals surface area contributed by atoms with Crippen LogP contribution in [0.25, 0.3) is 0 Å². The van der Waals surface area contributed by atoms with Gasteiger partial charge in [0.2, 0.25) is 11.8 Å². The summed E-state index contributed by atoms with van der Waals surface area (Å²) in [4.78, 5) is 118. The van der Waals surface area contributed by atoms with Crippen molar-refractivity contribution in [1.82, 2.24) is 20.2 Å². The topological polar surface area (TPSA) is 220 Å². The predicted molar refractivity (Wildman–Crippen MR) is 299 cm³/mol. The molecule has 5 aromatic rings. The number of aliphatic imine (C=N–C) groups is 1. The monoisotopic (exact) mass is 1100 g/mol. The first-order valence-electron chi connectivity index (χ1n) is 27.7. The fourth-order valence-corrected chi connectivity index (χ4v) is 11.3. The average molecular weight is 1100 g/mol. The molecule has 0 saturated carbocycles. The molecule has 5 aliphatic heterocycles. The molecular formula is C63H66N6O12. The Balaban J connectivity index is 0.811. The standard InChI is InChI=1S/C63H66N6O12/c1-36-20-51-52(64-31-49-27-43-13-7-9-15-46(43)33-68(49)63(51)77)30-54(36)79-34-40-23-41(35-80-56-28-44-18-19-48-26-42-12-6-8-14-45(42)32-67(48)62(76)50(44)29-55(56)78-5)25-47(24-40)66-60(74)37(2)21-53(70)39(4)65-57(71)16-10-11-17-59(73)81-69-58(72)22-38(3)61(69)75/h6-9,12-15,20,23-25,28-31,37-39,48-49H,10-11,16-19,21-22,26-27,32-35H2,1-5H3,(H,65,71)(H,66,74)/t37-,38?,39+,48-,49+/m1/s1. The van der Waals surface area contributed by atoms with E-state index in [0.717, 1.165) is 35.1 Å². The molecule has 18 heteroatoms. The first kappa shape index (κ1) is 55.6. The lowest BCUT2D eigenvalue weighted by atomic mass is 9.92. The number of nitrogens with one attached hydrogen (secondary N) is 2. The van der Waals surface area contributed by atoms with Crippen LogP contribution in [0.15, 0.2) is 96.0 Å². The Morgan fingerprint density at radius 3 is 2.06 bits per heavy atom. The number of nitrogens with zero attached hydrogens (tertiary/aromatic N) is 4. The van der Waals surface area contributed by atoms with Crippen LogP contribution in [0.1, 0.15) is 131 Å². The first-order valence-corrected chi connectivity index (χ1v) is 27.7. The van der Waals surface area contributed by atoms with E-state index in [1.165, 1.54) is 18.2 Å². The summed E-state index contributed by atoms with van der Waals surface area (Å²) in [5.74, 6) is -3.25. The van der Waals surface area contributed by atoms with Crippen LogP contribution in [0.4, 0.5) is 11.4 Å². The second-order valence-corrected chi connectivity index (χ2v) is 21.9. The largest absolute Gasteiger partial charge is 0.493 e. The summed E-state index contributed by atoms with van der Waals surface area (Å²) < 4.78 is 18.9. The van der Waals surface area contributed by atoms with Crippen molar-refractivity contribution >= 4 is 64.8 Å². The molecule has 1 fully saturated rings. The third-order valence-electron chi connectivity index (χ3n) is 15.9. The van der Waals surface area contributed by atoms with E-state index >= 15 is 0 Å². The van der Waals surface area contributed by atoms with E-state index in [4.69, 9.17) is 24.0 Å². The minimum Gasteiger partial charge on any atom is -0.493 e. The summed E-state index contributed by atoms with van der Waals surface area (Å²) in [5, 5.41) is 6.16. The maximum atomic E-state index is 14.2. The number of methoxy groups -OCH3 is 1. The Kier molecular flexibility index (Phi) is 16.5. The van der Waals surface area contributed by atoms with E-state index in [0.29, 0.717) is 81.9 Å². The zero-order valence-electron chi connectivity index (χ0n) is 46.2. The molecule has 1 saturated heterocycles. The summed E-state index contributed by atoms with van der Waals surface area (Å²) in [6.07, 6.45) is 4.98. The van der Waals surface area contributed by atoms with Gasteiger partial charge in [0, 0.05) is 80.2 Å². The number of carbonyl (C=O) groups is 8. The predicted octanol–water partition coefficient (Wildman–Crippen LogP) is 8.41. The quantitative estimate of drug-likeness (QED) is 0.0588. The molecule has 6 amide bonds. The number of Topliss-reactive ketones (excluding diaryl/α,β-unsaturated/α-hetero) is 1. The summed E-state index contributed by atoms with van der Waals surface area (Å²) in [6.45, 7) is 7.75. The molecule has 0 aromatic heterocycles. The highest BCUT2D eigenvalue weighted by atomic mass is 16.7. The van der Waals surface area contributed by atoms with E-state index in [-0.39, 0.29) is 81.4 Å². The fraction of sp³-hybridized carbons (Fsp3) is 0.381. The Hall–Kier alpha value is -8.67. The van der Waals surface area contributed by atoms with Crippen LogP contribution in [0.3, 0.4) is 0 Å². The number of aryl methyl sites for hydroxylation is 2. The van der Waals surface area contributed by atoms with Crippen molar-refractivity contribution in [2.24, 2.45) is 16.8 Å². The molecule has 0 aliphatic carbocycles. The smallest absolute Gasteiger partial charge is 0.333 e. The van der Waals surface area contributed by atoms with Gasteiger partial charge < -0.3 is 39.5 Å². The van der Waals surface area contributed by atoms with Gasteiger partial charge in [0.15, 0.2) is 17.3 Å². The van der Waals surface area contributed by atoms with E-state index < -0.39 is 47.5 Å². The minimum absolute atomic E-state index is 0.00779. The van der Waals surface area contributed by atoms with Crippen LogP contribution in [0, 0.1) is 18.8 Å². The zero-order chi connectivity index (χ0) is 57.1. The van der Waals surface area contributed by atoms with Gasteiger partial charge in [0.05, 0.1) is 30.4 Å². The molecule has 5 aromatic carbocycles. The van der Waals surface area contributed by atoms with Crippen molar-refractivity contribution in [1.29, 1.82) is 0 Å². The Morgan fingerprint density at radius 2 is 1.37 bits per heavy atom. The van der Waals surface area contributed by atoms with Gasteiger partial charge in [0.25, 0.3) is 23.6 Å². The van der Waals surface area contributed by atoms with Gasteiger partial charge >= 0.3 is 5.97 Å². The summed E-state index contributed by atoms with van der Waals surface area (Å²) in [5.41, 5.74) is 9.69. The number of amides is 6. The van der Waals surface area contributed by atoms with Gasteiger partial charge in [-0.3, -0.25) is 38.6 Å². The number of hydroxylamine groups is 2. The summed E-state index contributed by atoms with van der Waals surface area (Å²) in [6, 6.07) is 28.1. The van der Waals surface area contributed by atoms with Crippen LogP contribution >= 0.6 is 0 Å². The maximum Gasteiger partial charge on any atom is 0.333 e. The van der Waals surface area contributed by atoms with Gasteiger partial charge in [-0.15, -0.1) is 5.06 Å². The molecule has 5 aliphatic rings. The molecule has 0 bridgehead atoms. The van der Waals surface area contributed by atoms with Gasteiger partial charge in [-0.05, 0) is 133 Å². The highest BCUT2D eigenvalue weighted by molar-refractivity contribution is 6.04. The number of fused-ring (bicyclic) bond motifs is 6. The maximum absolute atomic E-state index is 14.2. The molecule has 10 rings (SSSR count). The highest BCUT2D eigenvalue weighted by Gasteiger charge is 2.39. The van der Waals surface area contributed by atoms with Crippen molar-refractivity contribution in [2.75, 3.05) is 12.4 Å². The molecule has 5 atom stereocenters. The van der Waals surface area contributed by atoms with Crippen LogP contribution < -0.4 is 24.8 Å². The number of carbonyl (C=O) groups excluding carboxylic acids is 8. The highest BCUT2D eigenvalue weighted by Crippen LogP contribution is 2.39. The number of hydrogen-bond acceptors (Lipinski definition) is 13. The number of ether oxygens (including phenoxy) is 3. The van der Waals surface area contributed by atoms with Crippen molar-refractivity contribution in [2.45, 2.75) is 136 Å². The van der Waals surface area contributed by atoms with Crippen molar-refractivity contribution in [3.63, 3.8) is 0 Å². The van der Waals surface area contributed by atoms with Gasteiger partial charge in [0.1, 0.15) is 19.0 Å². The number of ketones is 1. The molecule has 5 heterocycles. The molecule has 0 radical (unpaired) electrons. The van der Waals surface area contributed by atoms with E-state index in [1.54, 1.807) is 45.0 Å². The number of unbranched alkanes of at least 4 members (excludes halogenated alkanes) is 1. The van der Waals surface area contributed by atoms with E-state index in [1.807, 2.05) is 65.4 Å². The van der Waals surface area contributed by atoms with Gasteiger partial charge in [-0.2, -0.15) is 0 Å². The molecule has 81 heavy (non-hydrogen) atoms. The second kappa shape index (κ2) is 24.0. The van der Waals surface area contributed by atoms with Crippen molar-refractivity contribution < 1.29 is 57.4 Å². The summed E-state index contributed by atoms with van der Waals surface area (Å²) in [7, 11) is 1.54. The molecule has 2 N–H and O–H groups in total. The van der Waals surface area contributed by atoms with Crippen molar-refractivity contribution in [3.8, 4) is 17.2 Å². The Morgan fingerprint density at radius 1 is 0.716 bits per heavy atom. The Bertz CT molecular complexity index is 3390. The van der Waals surface area contributed by atoms with Crippen LogP contribution in [0.2, 0.25) is 0 Å². The number of imide groups is 1. The number of anilines is 1. The Labute approximate surface area is 470 Å². The average Bonchev–Trinajstić information content (AvgIpc) is 3.90. The lowest BCUT2D eigenvalue weighted by molar-refractivity contribution is -0.198. The SMILES string of the molecule is COc1cc2c(cc1OCc1cc(COc3cc4c(cc3C)C(=O)N3Cc5ccccc5C[C@H]3C=N4)cc(NC(=O)[C@H](C)CC(=O)[C@H](C)NC(=O)CCCCC(=O)ON3C(=O)CC(C)C3=O)c1)CC[C@@H]1Cc3ccccc3CN1C2=O. The third-order valence-corrected chi connectivity index (χ3v) is 15.9. The van der Waals surface area contributed by atoms with Gasteiger partial charge in [-0.1, -0.05) is 62.4 Å². The number of hydrogen-bond donors (Lipinski definition) is 2. The lowest BCUT2D eigenvalue weighted by Crippen LogP contribution is -2.44. The second-order valence-electron chi connectivity index (χ2n) is 21.9. The first-order chi connectivity index (χ1) is 39.0. The molecule has 18 nitrogen and oxygen atoms in total.